The summed E-state index contributed by atoms with van der Waals surface area (Å²) in [5.74, 6) is -0.124. The fourth-order valence-electron chi connectivity index (χ4n) is 5.02. The number of fused-ring (bicyclic) bond motifs is 1. The third-order valence-electron chi connectivity index (χ3n) is 6.58. The van der Waals surface area contributed by atoms with Crippen molar-refractivity contribution in [2.24, 2.45) is 5.92 Å². The number of carboxylic acid groups (broad SMARTS) is 1. The van der Waals surface area contributed by atoms with Crippen molar-refractivity contribution in [2.45, 2.75) is 64.3 Å². The molecule has 0 fully saturated rings. The minimum absolute atomic E-state index is 0.0945. The average Bonchev–Trinajstić information content (AvgIpc) is 3.00. The van der Waals surface area contributed by atoms with Gasteiger partial charge in [0.1, 0.15) is 5.82 Å². The predicted molar refractivity (Wildman–Crippen MR) is 133 cm³/mol. The molecule has 4 rings (SSSR count). The first-order valence-corrected chi connectivity index (χ1v) is 12.4. The number of aromatic nitrogens is 2. The molecular formula is C27H30Cl2N2O2. The topological polar surface area (TPSA) is 55.1 Å². The highest BCUT2D eigenvalue weighted by Crippen LogP contribution is 2.40. The number of carbonyl (C=O) groups is 1. The normalized spacial score (nSPS) is 16.9. The smallest absolute Gasteiger partial charge is 0.307 e. The zero-order valence-electron chi connectivity index (χ0n) is 19.1. The van der Waals surface area contributed by atoms with Gasteiger partial charge in [-0.25, -0.2) is 4.98 Å². The van der Waals surface area contributed by atoms with Crippen LogP contribution < -0.4 is 0 Å². The molecule has 33 heavy (non-hydrogen) atoms. The van der Waals surface area contributed by atoms with Crippen molar-refractivity contribution in [1.82, 2.24) is 9.55 Å². The van der Waals surface area contributed by atoms with Gasteiger partial charge in [-0.1, -0.05) is 79.9 Å². The highest BCUT2D eigenvalue weighted by atomic mass is 35.5. The molecule has 174 valence electrons. The Balaban J connectivity index is 1.80. The molecule has 0 bridgehead atoms. The van der Waals surface area contributed by atoms with Gasteiger partial charge in [0, 0.05) is 24.1 Å². The Morgan fingerprint density at radius 1 is 1.09 bits per heavy atom. The van der Waals surface area contributed by atoms with Gasteiger partial charge < -0.3 is 9.67 Å². The number of carboxylic acids is 1. The second-order valence-corrected chi connectivity index (χ2v) is 10.1. The maximum absolute atomic E-state index is 12.6. The van der Waals surface area contributed by atoms with E-state index in [1.807, 2.05) is 48.5 Å². The molecule has 0 aliphatic heterocycles. The number of imidazole rings is 1. The number of nitrogens with zero attached hydrogens (tertiary/aromatic N) is 2. The lowest BCUT2D eigenvalue weighted by molar-refractivity contribution is -0.142. The molecule has 1 N–H and O–H groups in total. The summed E-state index contributed by atoms with van der Waals surface area (Å²) < 4.78 is 2.26. The summed E-state index contributed by atoms with van der Waals surface area (Å²) in [7, 11) is 0. The Morgan fingerprint density at radius 3 is 2.52 bits per heavy atom. The third-order valence-corrected chi connectivity index (χ3v) is 7.32. The minimum Gasteiger partial charge on any atom is -0.481 e. The lowest BCUT2D eigenvalue weighted by Crippen LogP contribution is -2.27. The second-order valence-electron chi connectivity index (χ2n) is 9.28. The van der Waals surface area contributed by atoms with Gasteiger partial charge in [0.05, 0.1) is 21.7 Å². The average molecular weight is 485 g/mol. The van der Waals surface area contributed by atoms with Gasteiger partial charge in [0.2, 0.25) is 0 Å². The minimum atomic E-state index is -0.745. The quantitative estimate of drug-likeness (QED) is 0.363. The molecule has 0 spiro atoms. The van der Waals surface area contributed by atoms with Crippen molar-refractivity contribution >= 4 is 29.2 Å². The fraction of sp³-hybridized carbons (Fsp3) is 0.407. The molecule has 1 aromatic heterocycles. The van der Waals surface area contributed by atoms with E-state index in [0.29, 0.717) is 23.0 Å². The standard InChI is InChI=1S/C27H30Cl2N2O2/c1-17(2)26-30-24-11-7-6-10-20(21(27(32)33)14-18-8-4-3-5-9-18)25(24)31(26)16-19-12-13-22(28)23(29)15-19/h3-5,8-9,12-13,15,17,20-21H,6-7,10-11,14,16H2,1-2H3,(H,32,33). The number of benzene rings is 2. The largest absolute Gasteiger partial charge is 0.481 e. The molecule has 2 aromatic carbocycles. The van der Waals surface area contributed by atoms with E-state index in [2.05, 4.69) is 18.4 Å². The number of hydrogen-bond donors (Lipinski definition) is 1. The van der Waals surface area contributed by atoms with Crippen molar-refractivity contribution in [1.29, 1.82) is 0 Å². The first kappa shape index (κ1) is 23.8. The molecule has 0 saturated carbocycles. The molecule has 6 heteroatoms. The molecular weight excluding hydrogens is 455 g/mol. The van der Waals surface area contributed by atoms with Crippen LogP contribution in [0.3, 0.4) is 0 Å². The number of aryl methyl sites for hydroxylation is 1. The summed E-state index contributed by atoms with van der Waals surface area (Å²) in [6, 6.07) is 15.6. The Labute approximate surface area is 205 Å². The van der Waals surface area contributed by atoms with Crippen LogP contribution in [0.15, 0.2) is 48.5 Å². The zero-order valence-corrected chi connectivity index (χ0v) is 20.6. The highest BCUT2D eigenvalue weighted by molar-refractivity contribution is 6.42. The van der Waals surface area contributed by atoms with E-state index in [4.69, 9.17) is 28.2 Å². The van der Waals surface area contributed by atoms with E-state index in [-0.39, 0.29) is 11.8 Å². The van der Waals surface area contributed by atoms with Gasteiger partial charge in [0.25, 0.3) is 0 Å². The number of hydrogen-bond acceptors (Lipinski definition) is 2. The van der Waals surface area contributed by atoms with Gasteiger partial charge in [-0.3, -0.25) is 4.79 Å². The number of rotatable bonds is 7. The molecule has 1 aliphatic carbocycles. The number of aliphatic carboxylic acids is 1. The first-order valence-electron chi connectivity index (χ1n) is 11.6. The van der Waals surface area contributed by atoms with E-state index < -0.39 is 11.9 Å². The van der Waals surface area contributed by atoms with Crippen molar-refractivity contribution in [3.63, 3.8) is 0 Å². The maximum Gasteiger partial charge on any atom is 0.307 e. The Kier molecular flexibility index (Phi) is 7.45. The second kappa shape index (κ2) is 10.3. The van der Waals surface area contributed by atoms with Crippen LogP contribution in [0.1, 0.15) is 73.3 Å². The van der Waals surface area contributed by atoms with Crippen molar-refractivity contribution < 1.29 is 9.90 Å². The monoisotopic (exact) mass is 484 g/mol. The molecule has 3 aromatic rings. The van der Waals surface area contributed by atoms with E-state index in [9.17, 15) is 9.90 Å². The van der Waals surface area contributed by atoms with Crippen LogP contribution >= 0.6 is 23.2 Å². The van der Waals surface area contributed by atoms with Gasteiger partial charge in [-0.15, -0.1) is 0 Å². The lowest BCUT2D eigenvalue weighted by Gasteiger charge is -2.26. The van der Waals surface area contributed by atoms with Crippen LogP contribution in [-0.4, -0.2) is 20.6 Å². The Hall–Kier alpha value is -2.30. The summed E-state index contributed by atoms with van der Waals surface area (Å²) >= 11 is 12.4. The maximum atomic E-state index is 12.6. The van der Waals surface area contributed by atoms with Gasteiger partial charge in [-0.05, 0) is 48.9 Å². The Morgan fingerprint density at radius 2 is 1.85 bits per heavy atom. The zero-order chi connectivity index (χ0) is 23.5. The van der Waals surface area contributed by atoms with Crippen LogP contribution in [0.2, 0.25) is 10.0 Å². The van der Waals surface area contributed by atoms with Crippen molar-refractivity contribution in [3.05, 3.63) is 86.9 Å². The predicted octanol–water partition coefficient (Wildman–Crippen LogP) is 7.12. The summed E-state index contributed by atoms with van der Waals surface area (Å²) in [5.41, 5.74) is 4.23. The van der Waals surface area contributed by atoms with E-state index in [0.717, 1.165) is 54.0 Å². The highest BCUT2D eigenvalue weighted by Gasteiger charge is 2.36. The van der Waals surface area contributed by atoms with E-state index >= 15 is 0 Å². The van der Waals surface area contributed by atoms with Crippen molar-refractivity contribution in [3.8, 4) is 0 Å². The molecule has 0 saturated heterocycles. The SMILES string of the molecule is CC(C)c1nc2c(n1Cc1ccc(Cl)c(Cl)c1)C(C(Cc1ccccc1)C(=O)O)CCCC2. The number of halogens is 2. The molecule has 0 amide bonds. The van der Waals surface area contributed by atoms with Gasteiger partial charge >= 0.3 is 5.97 Å². The Bertz CT molecular complexity index is 1120. The van der Waals surface area contributed by atoms with Crippen LogP contribution in [-0.2, 0) is 24.2 Å². The van der Waals surface area contributed by atoms with Crippen LogP contribution in [0.4, 0.5) is 0 Å². The lowest BCUT2D eigenvalue weighted by atomic mass is 9.81. The summed E-state index contributed by atoms with van der Waals surface area (Å²) in [5, 5.41) is 11.4. The van der Waals surface area contributed by atoms with E-state index in [1.165, 1.54) is 0 Å². The summed E-state index contributed by atoms with van der Waals surface area (Å²) in [6.45, 7) is 4.88. The van der Waals surface area contributed by atoms with E-state index in [1.54, 1.807) is 0 Å². The first-order chi connectivity index (χ1) is 15.8. The molecule has 4 nitrogen and oxygen atoms in total. The molecule has 2 atom stereocenters. The molecule has 1 heterocycles. The molecule has 0 radical (unpaired) electrons. The van der Waals surface area contributed by atoms with Gasteiger partial charge in [0.15, 0.2) is 0 Å². The van der Waals surface area contributed by atoms with Crippen LogP contribution in [0.5, 0.6) is 0 Å². The third kappa shape index (κ3) is 5.28. The fourth-order valence-corrected chi connectivity index (χ4v) is 5.34. The van der Waals surface area contributed by atoms with Crippen molar-refractivity contribution in [2.75, 3.05) is 0 Å². The van der Waals surface area contributed by atoms with Crippen LogP contribution in [0, 0.1) is 5.92 Å². The summed E-state index contributed by atoms with van der Waals surface area (Å²) in [4.78, 5) is 17.6. The molecule has 1 aliphatic rings. The van der Waals surface area contributed by atoms with Crippen LogP contribution in [0.25, 0.3) is 0 Å². The summed E-state index contributed by atoms with van der Waals surface area (Å²) in [6.07, 6.45) is 4.28. The molecule has 2 unspecified atom stereocenters. The van der Waals surface area contributed by atoms with Gasteiger partial charge in [-0.2, -0.15) is 0 Å².